The van der Waals surface area contributed by atoms with Gasteiger partial charge in [0.15, 0.2) is 0 Å². The van der Waals surface area contributed by atoms with E-state index in [1.165, 1.54) is 31.4 Å². The number of pyridine rings is 2. The standard InChI is InChI=1S/C10H12ClNS.C10H13NOS/c11-6-9-2-1-5-12-10(9)13-7-8-3-4-8;12-6-9-2-1-5-11-10(9)13-7-8-3-4-8/h1-2,5,8H,3-4,6-7H2;1-2,5,8,12H,3-4,6-7H2. The second-order valence-corrected chi connectivity index (χ2v) is 9.02. The summed E-state index contributed by atoms with van der Waals surface area (Å²) in [5.41, 5.74) is 2.11. The Hall–Kier alpha value is -0.750. The summed E-state index contributed by atoms with van der Waals surface area (Å²) in [6.07, 6.45) is 9.16. The largest absolute Gasteiger partial charge is 0.392 e. The van der Waals surface area contributed by atoms with E-state index in [2.05, 4.69) is 16.0 Å². The van der Waals surface area contributed by atoms with E-state index in [0.29, 0.717) is 5.88 Å². The molecule has 0 aliphatic heterocycles. The molecule has 2 saturated carbocycles. The summed E-state index contributed by atoms with van der Waals surface area (Å²) in [4.78, 5) is 8.58. The molecule has 2 aliphatic rings. The molecule has 0 spiro atoms. The third kappa shape index (κ3) is 6.76. The third-order valence-corrected chi connectivity index (χ3v) is 7.17. The Bertz CT molecular complexity index is 634. The molecule has 26 heavy (non-hydrogen) atoms. The van der Waals surface area contributed by atoms with Gasteiger partial charge >= 0.3 is 0 Å². The molecular formula is C20H25ClN2OS2. The van der Waals surface area contributed by atoms with Crippen LogP contribution in [0.5, 0.6) is 0 Å². The lowest BCUT2D eigenvalue weighted by molar-refractivity contribution is 0.278. The van der Waals surface area contributed by atoms with Crippen molar-refractivity contribution >= 4 is 35.1 Å². The zero-order chi connectivity index (χ0) is 18.2. The minimum Gasteiger partial charge on any atom is -0.392 e. The maximum Gasteiger partial charge on any atom is 0.101 e. The maximum absolute atomic E-state index is 9.05. The smallest absolute Gasteiger partial charge is 0.101 e. The number of thioether (sulfide) groups is 2. The molecular weight excluding hydrogens is 384 g/mol. The van der Waals surface area contributed by atoms with E-state index in [-0.39, 0.29) is 6.61 Å². The molecule has 2 aliphatic carbocycles. The summed E-state index contributed by atoms with van der Waals surface area (Å²) in [6.45, 7) is 0.0981. The van der Waals surface area contributed by atoms with Gasteiger partial charge in [-0.15, -0.1) is 35.1 Å². The first kappa shape index (κ1) is 20.0. The second-order valence-electron chi connectivity index (χ2n) is 6.74. The highest BCUT2D eigenvalue weighted by Crippen LogP contribution is 2.36. The van der Waals surface area contributed by atoms with E-state index >= 15 is 0 Å². The highest BCUT2D eigenvalue weighted by atomic mass is 35.5. The number of alkyl halides is 1. The molecule has 3 nitrogen and oxygen atoms in total. The van der Waals surface area contributed by atoms with Gasteiger partial charge < -0.3 is 5.11 Å². The number of aromatic nitrogens is 2. The number of aliphatic hydroxyl groups excluding tert-OH is 1. The van der Waals surface area contributed by atoms with Crippen LogP contribution in [-0.2, 0) is 12.5 Å². The molecule has 6 heteroatoms. The van der Waals surface area contributed by atoms with Gasteiger partial charge in [-0.2, -0.15) is 0 Å². The van der Waals surface area contributed by atoms with Gasteiger partial charge in [0.25, 0.3) is 0 Å². The molecule has 140 valence electrons. The molecule has 2 heterocycles. The summed E-state index contributed by atoms with van der Waals surface area (Å²) >= 11 is 9.43. The third-order valence-electron chi connectivity index (χ3n) is 4.32. The Labute approximate surface area is 169 Å². The van der Waals surface area contributed by atoms with Crippen LogP contribution in [-0.4, -0.2) is 26.6 Å². The van der Waals surface area contributed by atoms with Crippen molar-refractivity contribution in [2.75, 3.05) is 11.5 Å². The Morgan fingerprint density at radius 3 is 1.85 bits per heavy atom. The fourth-order valence-electron chi connectivity index (χ4n) is 2.29. The fraction of sp³-hybridized carbons (Fsp3) is 0.500. The zero-order valence-corrected chi connectivity index (χ0v) is 17.2. The summed E-state index contributed by atoms with van der Waals surface area (Å²) < 4.78 is 0. The predicted octanol–water partition coefficient (Wildman–Crippen LogP) is 5.40. The Morgan fingerprint density at radius 1 is 0.885 bits per heavy atom. The average molecular weight is 409 g/mol. The fourth-order valence-corrected chi connectivity index (χ4v) is 4.96. The molecule has 2 fully saturated rings. The van der Waals surface area contributed by atoms with Crippen molar-refractivity contribution in [3.63, 3.8) is 0 Å². The number of hydrogen-bond donors (Lipinski definition) is 1. The molecule has 0 bridgehead atoms. The van der Waals surface area contributed by atoms with E-state index in [1.807, 2.05) is 36.2 Å². The van der Waals surface area contributed by atoms with Crippen molar-refractivity contribution in [2.24, 2.45) is 11.8 Å². The molecule has 0 atom stereocenters. The van der Waals surface area contributed by atoms with E-state index in [0.717, 1.165) is 38.8 Å². The van der Waals surface area contributed by atoms with Gasteiger partial charge in [0.05, 0.1) is 12.5 Å². The van der Waals surface area contributed by atoms with Crippen molar-refractivity contribution in [1.82, 2.24) is 9.97 Å². The van der Waals surface area contributed by atoms with Crippen LogP contribution in [0.25, 0.3) is 0 Å². The summed E-state index contributed by atoms with van der Waals surface area (Å²) in [7, 11) is 0. The average Bonchev–Trinajstić information content (AvgIpc) is 3.60. The van der Waals surface area contributed by atoms with Gasteiger partial charge in [0.2, 0.25) is 0 Å². The van der Waals surface area contributed by atoms with Crippen molar-refractivity contribution < 1.29 is 5.11 Å². The Kier molecular flexibility index (Phi) is 8.11. The molecule has 2 aromatic heterocycles. The molecule has 0 saturated heterocycles. The summed E-state index contributed by atoms with van der Waals surface area (Å²) in [5, 5.41) is 11.2. The molecule has 0 unspecified atom stereocenters. The summed E-state index contributed by atoms with van der Waals surface area (Å²) in [6, 6.07) is 7.79. The van der Waals surface area contributed by atoms with E-state index in [1.54, 1.807) is 18.0 Å². The highest BCUT2D eigenvalue weighted by Gasteiger charge is 2.22. The van der Waals surface area contributed by atoms with Gasteiger partial charge in [0.1, 0.15) is 10.1 Å². The van der Waals surface area contributed by atoms with E-state index in [4.69, 9.17) is 16.7 Å². The predicted molar refractivity (Wildman–Crippen MR) is 111 cm³/mol. The van der Waals surface area contributed by atoms with Crippen LogP contribution < -0.4 is 0 Å². The van der Waals surface area contributed by atoms with Gasteiger partial charge in [-0.25, -0.2) is 9.97 Å². The lowest BCUT2D eigenvalue weighted by Gasteiger charge is -2.03. The molecule has 0 amide bonds. The quantitative estimate of drug-likeness (QED) is 0.468. The maximum atomic E-state index is 9.05. The topological polar surface area (TPSA) is 46.0 Å². The number of nitrogens with zero attached hydrogens (tertiary/aromatic N) is 2. The second kappa shape index (κ2) is 10.5. The van der Waals surface area contributed by atoms with Crippen molar-refractivity contribution in [2.45, 2.75) is 48.2 Å². The number of rotatable bonds is 8. The lowest BCUT2D eigenvalue weighted by Crippen LogP contribution is -1.92. The van der Waals surface area contributed by atoms with Gasteiger partial charge in [-0.3, -0.25) is 0 Å². The van der Waals surface area contributed by atoms with E-state index < -0.39 is 0 Å². The van der Waals surface area contributed by atoms with Crippen LogP contribution in [0.3, 0.4) is 0 Å². The first-order valence-corrected chi connectivity index (χ1v) is 11.6. The molecule has 4 rings (SSSR count). The zero-order valence-electron chi connectivity index (χ0n) is 14.8. The molecule has 2 aromatic rings. The SMILES string of the molecule is ClCc1cccnc1SCC1CC1.OCc1cccnc1SCC1CC1. The highest BCUT2D eigenvalue weighted by molar-refractivity contribution is 7.99. The van der Waals surface area contributed by atoms with Crippen LogP contribution in [0, 0.1) is 11.8 Å². The first-order valence-electron chi connectivity index (χ1n) is 9.10. The number of aliphatic hydroxyl groups is 1. The minimum atomic E-state index is 0.0981. The van der Waals surface area contributed by atoms with Crippen LogP contribution in [0.1, 0.15) is 36.8 Å². The van der Waals surface area contributed by atoms with Crippen molar-refractivity contribution in [1.29, 1.82) is 0 Å². The van der Waals surface area contributed by atoms with Crippen LogP contribution in [0.15, 0.2) is 46.7 Å². The minimum absolute atomic E-state index is 0.0981. The van der Waals surface area contributed by atoms with Crippen molar-refractivity contribution in [3.05, 3.63) is 47.8 Å². The van der Waals surface area contributed by atoms with Gasteiger partial charge in [0, 0.05) is 29.5 Å². The van der Waals surface area contributed by atoms with Crippen LogP contribution in [0.2, 0.25) is 0 Å². The number of halogens is 1. The Balaban J connectivity index is 0.000000151. The normalized spacial score (nSPS) is 16.1. The number of hydrogen-bond acceptors (Lipinski definition) is 5. The monoisotopic (exact) mass is 408 g/mol. The van der Waals surface area contributed by atoms with Crippen LogP contribution in [0.4, 0.5) is 0 Å². The lowest BCUT2D eigenvalue weighted by atomic mass is 10.3. The molecule has 1 N–H and O–H groups in total. The van der Waals surface area contributed by atoms with Gasteiger partial charge in [-0.05, 0) is 55.2 Å². The van der Waals surface area contributed by atoms with E-state index in [9.17, 15) is 0 Å². The first-order chi connectivity index (χ1) is 12.8. The molecule has 0 aromatic carbocycles. The summed E-state index contributed by atoms with van der Waals surface area (Å²) in [5.74, 6) is 4.78. The van der Waals surface area contributed by atoms with Gasteiger partial charge in [-0.1, -0.05) is 12.1 Å². The van der Waals surface area contributed by atoms with Crippen LogP contribution >= 0.6 is 35.1 Å². The van der Waals surface area contributed by atoms with Crippen molar-refractivity contribution in [3.8, 4) is 0 Å². The Morgan fingerprint density at radius 2 is 1.38 bits per heavy atom. The molecule has 0 radical (unpaired) electrons.